The van der Waals surface area contributed by atoms with Gasteiger partial charge in [0.1, 0.15) is 10.6 Å². The van der Waals surface area contributed by atoms with Crippen LogP contribution in [0.3, 0.4) is 0 Å². The molecule has 0 atom stereocenters. The molecule has 8 heteroatoms. The molecule has 0 unspecified atom stereocenters. The average Bonchev–Trinajstić information content (AvgIpc) is 2.61. The van der Waals surface area contributed by atoms with E-state index >= 15 is 0 Å². The lowest BCUT2D eigenvalue weighted by Crippen LogP contribution is -2.27. The van der Waals surface area contributed by atoms with Gasteiger partial charge in [-0.05, 0) is 42.8 Å². The topological polar surface area (TPSA) is 72.9 Å². The number of nitrogens with zero attached hydrogens (tertiary/aromatic N) is 1. The molecule has 0 aliphatic rings. The van der Waals surface area contributed by atoms with Crippen LogP contribution in [-0.4, -0.2) is 39.5 Å². The summed E-state index contributed by atoms with van der Waals surface area (Å²) in [7, 11) is -1.23. The highest BCUT2D eigenvalue weighted by Crippen LogP contribution is 2.27. The monoisotopic (exact) mass is 397 g/mol. The molecular weight excluding hydrogens is 378 g/mol. The zero-order valence-electron chi connectivity index (χ0n) is 14.7. The van der Waals surface area contributed by atoms with Crippen LogP contribution < -0.4 is 4.74 Å². The number of carbonyl (C=O) groups is 1. The number of hydrogen-bond acceptors (Lipinski definition) is 5. The summed E-state index contributed by atoms with van der Waals surface area (Å²) < 4.78 is 37.0. The van der Waals surface area contributed by atoms with Gasteiger partial charge in [0.15, 0.2) is 0 Å². The van der Waals surface area contributed by atoms with E-state index < -0.39 is 16.0 Å². The quantitative estimate of drug-likeness (QED) is 0.670. The van der Waals surface area contributed by atoms with Crippen LogP contribution in [0.4, 0.5) is 0 Å². The molecule has 0 radical (unpaired) electrons. The summed E-state index contributed by atoms with van der Waals surface area (Å²) in [5.41, 5.74) is 0.879. The Bertz CT molecular complexity index is 898. The third-order valence-corrected chi connectivity index (χ3v) is 5.94. The number of halogens is 1. The lowest BCUT2D eigenvalue weighted by Gasteiger charge is -2.19. The minimum Gasteiger partial charge on any atom is -0.494 e. The van der Waals surface area contributed by atoms with Crippen LogP contribution >= 0.6 is 11.6 Å². The normalized spacial score (nSPS) is 11.4. The third kappa shape index (κ3) is 4.55. The molecule has 26 heavy (non-hydrogen) atoms. The van der Waals surface area contributed by atoms with Crippen molar-refractivity contribution in [1.29, 1.82) is 0 Å². The van der Waals surface area contributed by atoms with Crippen molar-refractivity contribution >= 4 is 27.6 Å². The van der Waals surface area contributed by atoms with E-state index in [0.29, 0.717) is 12.4 Å². The predicted octanol–water partition coefficient (Wildman–Crippen LogP) is 3.35. The standard InChI is InChI=1S/C18H20ClNO5S/c1-4-25-15-7-5-6-13(10-15)12-20(2)26(22,23)17-11-14(18(21)24-3)8-9-16(17)19/h5-11H,4,12H2,1-3H3. The molecule has 0 aliphatic heterocycles. The summed E-state index contributed by atoms with van der Waals surface area (Å²) in [6, 6.07) is 11.2. The van der Waals surface area contributed by atoms with Gasteiger partial charge in [-0.1, -0.05) is 23.7 Å². The highest BCUT2D eigenvalue weighted by molar-refractivity contribution is 7.89. The van der Waals surface area contributed by atoms with Gasteiger partial charge >= 0.3 is 5.97 Å². The van der Waals surface area contributed by atoms with Crippen molar-refractivity contribution in [1.82, 2.24) is 4.31 Å². The molecule has 0 saturated carbocycles. The van der Waals surface area contributed by atoms with E-state index in [1.54, 1.807) is 24.3 Å². The number of sulfonamides is 1. The fourth-order valence-electron chi connectivity index (χ4n) is 2.36. The third-order valence-electron chi connectivity index (χ3n) is 3.66. The van der Waals surface area contributed by atoms with Crippen molar-refractivity contribution in [2.45, 2.75) is 18.4 Å². The lowest BCUT2D eigenvalue weighted by molar-refractivity contribution is 0.0600. The van der Waals surface area contributed by atoms with Crippen LogP contribution in [0.15, 0.2) is 47.4 Å². The van der Waals surface area contributed by atoms with Crippen molar-refractivity contribution in [3.8, 4) is 5.75 Å². The van der Waals surface area contributed by atoms with Crippen LogP contribution in [0.2, 0.25) is 5.02 Å². The highest BCUT2D eigenvalue weighted by atomic mass is 35.5. The second-order valence-electron chi connectivity index (χ2n) is 5.48. The Morgan fingerprint density at radius 1 is 1.19 bits per heavy atom. The number of benzene rings is 2. The van der Waals surface area contributed by atoms with Crippen LogP contribution in [0.5, 0.6) is 5.75 Å². The molecule has 0 aliphatic carbocycles. The van der Waals surface area contributed by atoms with Gasteiger partial charge < -0.3 is 9.47 Å². The maximum atomic E-state index is 12.9. The average molecular weight is 398 g/mol. The zero-order valence-corrected chi connectivity index (χ0v) is 16.3. The SMILES string of the molecule is CCOc1cccc(CN(C)S(=O)(=O)c2cc(C(=O)OC)ccc2Cl)c1. The number of methoxy groups -OCH3 is 1. The van der Waals surface area contributed by atoms with Crippen LogP contribution in [0.1, 0.15) is 22.8 Å². The summed E-state index contributed by atoms with van der Waals surface area (Å²) >= 11 is 6.06. The van der Waals surface area contributed by atoms with Gasteiger partial charge in [0.25, 0.3) is 0 Å². The Kier molecular flexibility index (Phi) is 6.63. The van der Waals surface area contributed by atoms with Gasteiger partial charge in [-0.3, -0.25) is 0 Å². The maximum Gasteiger partial charge on any atom is 0.337 e. The second-order valence-corrected chi connectivity index (χ2v) is 7.90. The fraction of sp³-hybridized carbons (Fsp3) is 0.278. The van der Waals surface area contributed by atoms with E-state index in [1.807, 2.05) is 6.92 Å². The summed E-state index contributed by atoms with van der Waals surface area (Å²) in [5.74, 6) is 0.0340. The largest absolute Gasteiger partial charge is 0.494 e. The number of carbonyl (C=O) groups excluding carboxylic acids is 1. The maximum absolute atomic E-state index is 12.9. The minimum absolute atomic E-state index is 0.0348. The lowest BCUT2D eigenvalue weighted by atomic mass is 10.2. The molecule has 2 aromatic rings. The molecule has 0 fully saturated rings. The molecule has 0 spiro atoms. The van der Waals surface area contributed by atoms with Crippen LogP contribution in [-0.2, 0) is 21.3 Å². The smallest absolute Gasteiger partial charge is 0.337 e. The first-order valence-electron chi connectivity index (χ1n) is 7.85. The van der Waals surface area contributed by atoms with Crippen LogP contribution in [0.25, 0.3) is 0 Å². The van der Waals surface area contributed by atoms with E-state index in [4.69, 9.17) is 16.3 Å². The number of rotatable bonds is 7. The first-order valence-corrected chi connectivity index (χ1v) is 9.67. The van der Waals surface area contributed by atoms with Gasteiger partial charge in [0.2, 0.25) is 10.0 Å². The molecule has 0 heterocycles. The zero-order chi connectivity index (χ0) is 19.3. The molecule has 2 rings (SSSR count). The number of ether oxygens (including phenoxy) is 2. The van der Waals surface area contributed by atoms with Crippen molar-refractivity contribution in [2.24, 2.45) is 0 Å². The minimum atomic E-state index is -3.90. The first-order chi connectivity index (χ1) is 12.3. The molecule has 0 saturated heterocycles. The summed E-state index contributed by atoms with van der Waals surface area (Å²) in [4.78, 5) is 11.5. The Morgan fingerprint density at radius 3 is 2.58 bits per heavy atom. The Balaban J connectivity index is 2.32. The van der Waals surface area contributed by atoms with Gasteiger partial charge in [-0.2, -0.15) is 4.31 Å². The van der Waals surface area contributed by atoms with E-state index in [1.165, 1.54) is 36.7 Å². The van der Waals surface area contributed by atoms with Crippen LogP contribution in [0, 0.1) is 0 Å². The summed E-state index contributed by atoms with van der Waals surface area (Å²) in [6.07, 6.45) is 0. The molecule has 0 aromatic heterocycles. The predicted molar refractivity (Wildman–Crippen MR) is 99.1 cm³/mol. The first kappa shape index (κ1) is 20.2. The molecule has 140 valence electrons. The number of hydrogen-bond donors (Lipinski definition) is 0. The van der Waals surface area contributed by atoms with Gasteiger partial charge in [0.05, 0.1) is 24.3 Å². The molecule has 2 aromatic carbocycles. The van der Waals surface area contributed by atoms with E-state index in [-0.39, 0.29) is 22.0 Å². The Morgan fingerprint density at radius 2 is 1.92 bits per heavy atom. The molecule has 0 bridgehead atoms. The van der Waals surface area contributed by atoms with Gasteiger partial charge in [0, 0.05) is 13.6 Å². The van der Waals surface area contributed by atoms with Crippen molar-refractivity contribution in [2.75, 3.05) is 20.8 Å². The van der Waals surface area contributed by atoms with E-state index in [2.05, 4.69) is 4.74 Å². The number of esters is 1. The van der Waals surface area contributed by atoms with Crippen molar-refractivity contribution in [3.63, 3.8) is 0 Å². The summed E-state index contributed by atoms with van der Waals surface area (Å²) in [6.45, 7) is 2.52. The van der Waals surface area contributed by atoms with Crippen molar-refractivity contribution < 1.29 is 22.7 Å². The fourth-order valence-corrected chi connectivity index (χ4v) is 4.01. The van der Waals surface area contributed by atoms with Gasteiger partial charge in [-0.15, -0.1) is 0 Å². The Labute approximate surface area is 158 Å². The summed E-state index contributed by atoms with van der Waals surface area (Å²) in [5, 5.41) is 0.0348. The molecule has 6 nitrogen and oxygen atoms in total. The second kappa shape index (κ2) is 8.53. The van der Waals surface area contributed by atoms with Gasteiger partial charge in [-0.25, -0.2) is 13.2 Å². The van der Waals surface area contributed by atoms with E-state index in [9.17, 15) is 13.2 Å². The molecule has 0 amide bonds. The van der Waals surface area contributed by atoms with Crippen molar-refractivity contribution in [3.05, 3.63) is 58.6 Å². The Hall–Kier alpha value is -2.09. The van der Waals surface area contributed by atoms with E-state index in [0.717, 1.165) is 5.56 Å². The molecular formula is C18H20ClNO5S. The molecule has 0 N–H and O–H groups in total. The highest BCUT2D eigenvalue weighted by Gasteiger charge is 2.25.